The van der Waals surface area contributed by atoms with Crippen molar-refractivity contribution < 1.29 is 28.4 Å². The molecule has 0 aliphatic carbocycles. The minimum Gasteiger partial charge on any atom is -0.496 e. The molecule has 9 aromatic rings. The van der Waals surface area contributed by atoms with E-state index in [2.05, 4.69) is 185 Å². The molecule has 9 heteroatoms. The summed E-state index contributed by atoms with van der Waals surface area (Å²) in [6, 6.07) is 42.2. The van der Waals surface area contributed by atoms with Crippen molar-refractivity contribution in [2.24, 2.45) is 0 Å². The molecule has 0 N–H and O–H groups in total. The number of methoxy groups -OCH3 is 3. The predicted octanol–water partition coefficient (Wildman–Crippen LogP) is 20.6. The number of aryl methyl sites for hydroxylation is 3. The lowest BCUT2D eigenvalue weighted by Gasteiger charge is -2.27. The Labute approximate surface area is 614 Å². The second-order valence-corrected chi connectivity index (χ2v) is 26.5. The predicted molar refractivity (Wildman–Crippen MR) is 419 cm³/mol. The van der Waals surface area contributed by atoms with Gasteiger partial charge in [0.25, 0.3) is 0 Å². The standard InChI is InChI=1S/C94H97N3O6/c1-13-16-19-22-28-70(7)101-85-55-79(37-34-73-31-25-46-95-64-73)52-82(58-85)43-40-76-49-67(4)92(98-10)88(61-76)91(89-62-77(50-68(5)93(89)99-11)41-44-83-53-80(38-35-74-32-26-47-96-65-74)56-86(59-83)102-71(8)29-23-20-17-14-2)90-63-78(51-69(6)94(90)100-12)42-45-84-54-81(39-36-75-33-27-48-97-66-75)57-87(60-84)103-72(9)30-24-21-18-15-3/h25-27,31-33,46-66,70-72,91H,13-24,28-30H2,1-12H3/t70-,71-,72-/m0/s1. The van der Waals surface area contributed by atoms with Crippen LogP contribution in [0.4, 0.5) is 0 Å². The van der Waals surface area contributed by atoms with E-state index < -0.39 is 5.92 Å². The number of benzene rings is 6. The Kier molecular flexibility index (Phi) is 29.4. The van der Waals surface area contributed by atoms with Crippen molar-refractivity contribution in [2.45, 2.75) is 183 Å². The second kappa shape index (κ2) is 39.8. The summed E-state index contributed by atoms with van der Waals surface area (Å²) in [5.41, 5.74) is 14.4. The molecular weight excluding hydrogens is 1270 g/mol. The molecule has 524 valence electrons. The van der Waals surface area contributed by atoms with Crippen molar-refractivity contribution in [3.05, 3.63) is 265 Å². The molecule has 0 unspecified atom stereocenters. The van der Waals surface area contributed by atoms with Gasteiger partial charge in [0.05, 0.1) is 39.6 Å². The van der Waals surface area contributed by atoms with E-state index in [9.17, 15) is 0 Å². The largest absolute Gasteiger partial charge is 0.496 e. The normalized spacial score (nSPS) is 11.4. The van der Waals surface area contributed by atoms with Gasteiger partial charge >= 0.3 is 0 Å². The lowest BCUT2D eigenvalue weighted by molar-refractivity contribution is 0.206. The molecule has 0 aliphatic heterocycles. The number of aromatic nitrogens is 3. The summed E-state index contributed by atoms with van der Waals surface area (Å²) < 4.78 is 39.6. The number of ether oxygens (including phenoxy) is 6. The fourth-order valence-corrected chi connectivity index (χ4v) is 12.7. The summed E-state index contributed by atoms with van der Waals surface area (Å²) in [6.07, 6.45) is 27.3. The van der Waals surface area contributed by atoms with E-state index >= 15 is 0 Å². The zero-order valence-electron chi connectivity index (χ0n) is 62.3. The maximum absolute atomic E-state index is 6.65. The van der Waals surface area contributed by atoms with E-state index in [0.717, 1.165) is 139 Å². The van der Waals surface area contributed by atoms with Gasteiger partial charge in [-0.25, -0.2) is 0 Å². The molecule has 0 saturated carbocycles. The number of rotatable bonds is 27. The highest BCUT2D eigenvalue weighted by Gasteiger charge is 2.30. The number of unbranched alkanes of at least 4 members (excludes halogenated alkanes) is 9. The van der Waals surface area contributed by atoms with Crippen molar-refractivity contribution in [1.29, 1.82) is 0 Å². The molecule has 3 aromatic heterocycles. The summed E-state index contributed by atoms with van der Waals surface area (Å²) in [5, 5.41) is 0. The van der Waals surface area contributed by atoms with Gasteiger partial charge in [-0.1, -0.05) is 150 Å². The number of hydrogen-bond donors (Lipinski definition) is 0. The molecule has 0 aliphatic rings. The third-order valence-electron chi connectivity index (χ3n) is 17.7. The van der Waals surface area contributed by atoms with Crippen LogP contribution >= 0.6 is 0 Å². The van der Waals surface area contributed by atoms with Gasteiger partial charge in [0, 0.05) is 127 Å². The zero-order chi connectivity index (χ0) is 72.7. The molecule has 0 amide bonds. The van der Waals surface area contributed by atoms with E-state index in [1.165, 1.54) is 57.8 Å². The summed E-state index contributed by atoms with van der Waals surface area (Å²) >= 11 is 0. The van der Waals surface area contributed by atoms with Gasteiger partial charge in [-0.3, -0.25) is 15.0 Å². The topological polar surface area (TPSA) is 94.1 Å². The second-order valence-electron chi connectivity index (χ2n) is 26.5. The molecule has 0 spiro atoms. The highest BCUT2D eigenvalue weighted by molar-refractivity contribution is 5.67. The van der Waals surface area contributed by atoms with Gasteiger partial charge in [0.15, 0.2) is 0 Å². The molecule has 6 aromatic carbocycles. The quantitative estimate of drug-likeness (QED) is 0.0283. The Morgan fingerprint density at radius 2 is 0.544 bits per heavy atom. The molecule has 3 heterocycles. The van der Waals surface area contributed by atoms with Gasteiger partial charge in [-0.2, -0.15) is 0 Å². The Bertz CT molecular complexity index is 4240. The highest BCUT2D eigenvalue weighted by atomic mass is 16.5. The molecule has 9 rings (SSSR count). The lowest BCUT2D eigenvalue weighted by Crippen LogP contribution is -2.12. The summed E-state index contributed by atoms with van der Waals surface area (Å²) in [5.74, 6) is 45.0. The highest BCUT2D eigenvalue weighted by Crippen LogP contribution is 2.48. The summed E-state index contributed by atoms with van der Waals surface area (Å²) in [7, 11) is 5.15. The first-order valence-corrected chi connectivity index (χ1v) is 36.5. The molecule has 0 saturated heterocycles. The van der Waals surface area contributed by atoms with Crippen molar-refractivity contribution in [3.8, 4) is 106 Å². The van der Waals surface area contributed by atoms with Crippen LogP contribution in [0.3, 0.4) is 0 Å². The maximum atomic E-state index is 6.65. The van der Waals surface area contributed by atoms with Gasteiger partial charge in [0.1, 0.15) is 34.5 Å². The van der Waals surface area contributed by atoms with Crippen LogP contribution in [0, 0.1) is 91.8 Å². The first-order chi connectivity index (χ1) is 50.2. The van der Waals surface area contributed by atoms with Gasteiger partial charge in [-0.05, 0) is 224 Å². The smallest absolute Gasteiger partial charge is 0.126 e. The number of nitrogens with zero attached hydrogens (tertiary/aromatic N) is 3. The Hall–Kier alpha value is -11.1. The van der Waals surface area contributed by atoms with E-state index in [4.69, 9.17) is 28.4 Å². The van der Waals surface area contributed by atoms with Crippen LogP contribution in [-0.2, 0) is 0 Å². The van der Waals surface area contributed by atoms with Crippen LogP contribution in [0.5, 0.6) is 34.5 Å². The Morgan fingerprint density at radius 3 is 0.767 bits per heavy atom. The van der Waals surface area contributed by atoms with Crippen LogP contribution in [-0.4, -0.2) is 54.6 Å². The Morgan fingerprint density at radius 1 is 0.301 bits per heavy atom. The van der Waals surface area contributed by atoms with E-state index in [0.29, 0.717) is 34.5 Å². The van der Waals surface area contributed by atoms with Crippen LogP contribution in [0.15, 0.2) is 165 Å². The monoisotopic (exact) mass is 1360 g/mol. The fourth-order valence-electron chi connectivity index (χ4n) is 12.7. The van der Waals surface area contributed by atoms with Crippen LogP contribution in [0.25, 0.3) is 0 Å². The minimum atomic E-state index is -0.624. The zero-order valence-corrected chi connectivity index (χ0v) is 62.3. The van der Waals surface area contributed by atoms with Crippen molar-refractivity contribution >= 4 is 0 Å². The fraction of sp³-hybridized carbons (Fsp3) is 0.330. The number of hydrogen-bond acceptors (Lipinski definition) is 9. The summed E-state index contributed by atoms with van der Waals surface area (Å²) in [6.45, 7) is 19.3. The molecular formula is C94H97N3O6. The molecule has 3 atom stereocenters. The molecule has 103 heavy (non-hydrogen) atoms. The third-order valence-corrected chi connectivity index (χ3v) is 17.7. The average molecular weight is 1360 g/mol. The first-order valence-electron chi connectivity index (χ1n) is 36.5. The van der Waals surface area contributed by atoms with Gasteiger partial charge in [0.2, 0.25) is 0 Å². The average Bonchev–Trinajstić information content (AvgIpc) is 0.753. The molecule has 9 nitrogen and oxygen atoms in total. The van der Waals surface area contributed by atoms with Crippen LogP contribution in [0.2, 0.25) is 0 Å². The minimum absolute atomic E-state index is 0.000918. The van der Waals surface area contributed by atoms with Gasteiger partial charge in [-0.15, -0.1) is 0 Å². The third kappa shape index (κ3) is 23.5. The van der Waals surface area contributed by atoms with Crippen molar-refractivity contribution in [1.82, 2.24) is 15.0 Å². The van der Waals surface area contributed by atoms with E-state index in [1.807, 2.05) is 91.0 Å². The first kappa shape index (κ1) is 76.1. The van der Waals surface area contributed by atoms with Crippen LogP contribution in [0.1, 0.15) is 244 Å². The summed E-state index contributed by atoms with van der Waals surface area (Å²) in [4.78, 5) is 12.9. The molecule has 0 bridgehead atoms. The van der Waals surface area contributed by atoms with Crippen molar-refractivity contribution in [2.75, 3.05) is 21.3 Å². The van der Waals surface area contributed by atoms with Crippen molar-refractivity contribution in [3.63, 3.8) is 0 Å². The maximum Gasteiger partial charge on any atom is 0.126 e. The molecule has 0 radical (unpaired) electrons. The van der Waals surface area contributed by atoms with Gasteiger partial charge < -0.3 is 28.4 Å². The van der Waals surface area contributed by atoms with E-state index in [1.54, 1.807) is 58.5 Å². The SMILES string of the molecule is CCCCCC[C@H](C)Oc1cc(C#Cc2cccnc2)cc(C#Cc2cc(C)c(OC)c(C(c3cc(C#Cc4cc(C#Cc5cccnc5)cc(O[C@@H](C)CCCCCC)c4)cc(C)c3OC)c3cc(C#Cc4cc(C#Cc5cccnc5)cc(O[C@@H](C)CCCCCC)c4)cc(C)c3OC)c2)c1. The van der Waals surface area contributed by atoms with E-state index in [-0.39, 0.29) is 18.3 Å². The van der Waals surface area contributed by atoms with Crippen LogP contribution < -0.4 is 28.4 Å². The number of pyridine rings is 3. The molecule has 0 fully saturated rings. The lowest BCUT2D eigenvalue weighted by atomic mass is 9.80. The Balaban J connectivity index is 1.22.